The van der Waals surface area contributed by atoms with Crippen molar-refractivity contribution in [1.82, 2.24) is 0 Å². The average molecular weight is 195 g/mol. The van der Waals surface area contributed by atoms with Gasteiger partial charge in [0.2, 0.25) is 0 Å². The van der Waals surface area contributed by atoms with Crippen molar-refractivity contribution in [3.05, 3.63) is 0 Å². The van der Waals surface area contributed by atoms with Gasteiger partial charge in [0.05, 0.1) is 6.61 Å². The van der Waals surface area contributed by atoms with Gasteiger partial charge < -0.3 is 36.6 Å². The van der Waals surface area contributed by atoms with Crippen LogP contribution in [-0.4, -0.2) is 57.3 Å². The lowest BCUT2D eigenvalue weighted by Crippen LogP contribution is -2.75. The van der Waals surface area contributed by atoms with Gasteiger partial charge in [0.25, 0.3) is 0 Å². The molecule has 7 heteroatoms. The first kappa shape index (κ1) is 9.28. The predicted octanol–water partition coefficient (Wildman–Crippen LogP) is -3.97. The van der Waals surface area contributed by atoms with E-state index in [2.05, 4.69) is 0 Å². The van der Waals surface area contributed by atoms with Gasteiger partial charge in [-0.05, 0) is 0 Å². The van der Waals surface area contributed by atoms with Crippen LogP contribution in [0.3, 0.4) is 0 Å². The Hall–Kier alpha value is -0.280. The molecular formula is C6H14N2O5. The zero-order chi connectivity index (χ0) is 10.9. The van der Waals surface area contributed by atoms with Crippen molar-refractivity contribution in [2.24, 2.45) is 11.5 Å². The van der Waals surface area contributed by atoms with Gasteiger partial charge in [-0.15, -0.1) is 0 Å². The second kappa shape index (κ2) is 3.46. The van der Waals surface area contributed by atoms with Gasteiger partial charge in [0.15, 0.2) is 6.29 Å². The summed E-state index contributed by atoms with van der Waals surface area (Å²) < 4.78 is 11.5. The molecule has 13 heavy (non-hydrogen) atoms. The Balaban J connectivity index is 2.84. The number of hydrogen-bond acceptors (Lipinski definition) is 7. The maximum Gasteiger partial charge on any atom is 0.189 e. The number of aliphatic hydroxyl groups is 4. The van der Waals surface area contributed by atoms with Crippen LogP contribution in [0.4, 0.5) is 0 Å². The molecule has 1 aliphatic rings. The first-order chi connectivity index (χ1) is 6.47. The lowest BCUT2D eigenvalue weighted by Gasteiger charge is -2.44. The van der Waals surface area contributed by atoms with Crippen molar-refractivity contribution < 1.29 is 26.6 Å². The third kappa shape index (κ3) is 1.67. The van der Waals surface area contributed by atoms with Gasteiger partial charge in [0, 0.05) is 0 Å². The molecule has 7 nitrogen and oxygen atoms in total. The normalized spacial score (nSPS) is 53.2. The average Bonchev–Trinajstić information content (AvgIpc) is 2.20. The van der Waals surface area contributed by atoms with E-state index < -0.39 is 36.9 Å². The molecule has 0 bridgehead atoms. The van der Waals surface area contributed by atoms with Crippen molar-refractivity contribution in [2.45, 2.75) is 30.3 Å². The van der Waals surface area contributed by atoms with E-state index >= 15 is 0 Å². The number of hydrogen-bond donors (Lipinski definition) is 6. The topological polar surface area (TPSA) is 142 Å². The van der Waals surface area contributed by atoms with Gasteiger partial charge in [0.1, 0.15) is 25.4 Å². The summed E-state index contributed by atoms with van der Waals surface area (Å²) in [4.78, 5) is 0. The molecule has 1 heterocycles. The SMILES string of the molecule is [2H]N[C@]1(N)C(O)O[C@H](CO)[C@@H](O)[C@@H]1O. The summed E-state index contributed by atoms with van der Waals surface area (Å²) in [6.07, 6.45) is -5.88. The van der Waals surface area contributed by atoms with Gasteiger partial charge in [-0.25, -0.2) is 0 Å². The summed E-state index contributed by atoms with van der Waals surface area (Å²) >= 11 is 0. The summed E-state index contributed by atoms with van der Waals surface area (Å²) in [5.41, 5.74) is 5.14. The number of nitrogens with two attached hydrogens (primary N) is 2. The molecule has 0 spiro atoms. The molecule has 0 aliphatic carbocycles. The van der Waals surface area contributed by atoms with Crippen LogP contribution < -0.4 is 11.5 Å². The molecule has 1 fully saturated rings. The molecule has 1 saturated heterocycles. The van der Waals surface area contributed by atoms with E-state index in [4.69, 9.17) is 17.0 Å². The second-order valence-electron chi connectivity index (χ2n) is 3.08. The Labute approximate surface area is 76.0 Å². The van der Waals surface area contributed by atoms with E-state index in [1.165, 1.54) is 0 Å². The van der Waals surface area contributed by atoms with Crippen molar-refractivity contribution in [1.29, 1.82) is 0 Å². The highest BCUT2D eigenvalue weighted by atomic mass is 16.6. The molecule has 0 saturated carbocycles. The maximum atomic E-state index is 9.46. The van der Waals surface area contributed by atoms with Crippen molar-refractivity contribution in [3.63, 3.8) is 0 Å². The number of aliphatic hydroxyl groups excluding tert-OH is 4. The van der Waals surface area contributed by atoms with E-state index in [1.54, 1.807) is 5.73 Å². The quantitative estimate of drug-likeness (QED) is 0.247. The van der Waals surface area contributed by atoms with Crippen molar-refractivity contribution >= 4 is 0 Å². The first-order valence-corrected chi connectivity index (χ1v) is 3.75. The van der Waals surface area contributed by atoms with Crippen LogP contribution in [0.25, 0.3) is 0 Å². The number of rotatable bonds is 2. The molecule has 1 rings (SSSR count). The number of ether oxygens (including phenoxy) is 1. The third-order valence-electron chi connectivity index (χ3n) is 2.09. The molecule has 5 atom stereocenters. The Morgan fingerprint density at radius 1 is 1.46 bits per heavy atom. The fraction of sp³-hybridized carbons (Fsp3) is 1.00. The van der Waals surface area contributed by atoms with E-state index in [9.17, 15) is 15.3 Å². The predicted molar refractivity (Wildman–Crippen MR) is 41.1 cm³/mol. The minimum atomic E-state index is -1.97. The fourth-order valence-corrected chi connectivity index (χ4v) is 1.14. The molecule has 1 aliphatic heterocycles. The highest BCUT2D eigenvalue weighted by Gasteiger charge is 2.50. The summed E-state index contributed by atoms with van der Waals surface area (Å²) in [6.45, 7) is -0.566. The summed E-state index contributed by atoms with van der Waals surface area (Å²) in [6, 6.07) is 0. The van der Waals surface area contributed by atoms with Crippen LogP contribution >= 0.6 is 0 Å². The van der Waals surface area contributed by atoms with Gasteiger partial charge in [-0.1, -0.05) is 0 Å². The van der Waals surface area contributed by atoms with E-state index in [1.807, 2.05) is 0 Å². The zero-order valence-electron chi connectivity index (χ0n) is 7.79. The van der Waals surface area contributed by atoms with Crippen molar-refractivity contribution in [2.75, 3.05) is 6.61 Å². The van der Waals surface area contributed by atoms with Crippen molar-refractivity contribution in [3.8, 4) is 0 Å². The highest BCUT2D eigenvalue weighted by Crippen LogP contribution is 2.22. The van der Waals surface area contributed by atoms with Gasteiger partial charge in [-0.3, -0.25) is 0 Å². The Bertz CT molecular complexity index is 209. The smallest absolute Gasteiger partial charge is 0.189 e. The third-order valence-corrected chi connectivity index (χ3v) is 2.09. The molecule has 78 valence electrons. The monoisotopic (exact) mass is 195 g/mol. The standard InChI is InChI=1S/C6H14N2O5/c7-6(8)4(11)3(10)2(1-9)13-5(6)12/h2-5,9-12H,1,7-8H2/t2-,3-,4+,5?/m1/s1/i/hD. The molecule has 0 radical (unpaired) electrons. The Morgan fingerprint density at radius 3 is 2.54 bits per heavy atom. The fourth-order valence-electron chi connectivity index (χ4n) is 1.14. The Morgan fingerprint density at radius 2 is 2.08 bits per heavy atom. The van der Waals surface area contributed by atoms with E-state index in [-0.39, 0.29) is 0 Å². The summed E-state index contributed by atoms with van der Waals surface area (Å²) in [7, 11) is 0. The summed E-state index contributed by atoms with van der Waals surface area (Å²) in [5.74, 6) is 0. The van der Waals surface area contributed by atoms with Gasteiger partial charge in [-0.2, -0.15) is 0 Å². The molecule has 0 amide bonds. The lowest BCUT2D eigenvalue weighted by atomic mass is 9.92. The molecular weight excluding hydrogens is 180 g/mol. The van der Waals surface area contributed by atoms with Crippen LogP contribution in [-0.2, 0) is 4.74 Å². The van der Waals surface area contributed by atoms with Crippen LogP contribution in [0.1, 0.15) is 0 Å². The summed E-state index contributed by atoms with van der Waals surface area (Å²) in [5, 5.41) is 36.9. The largest absolute Gasteiger partial charge is 0.394 e. The van der Waals surface area contributed by atoms with Gasteiger partial charge >= 0.3 is 0 Å². The maximum absolute atomic E-state index is 9.46. The van der Waals surface area contributed by atoms with Crippen LogP contribution in [0.5, 0.6) is 0 Å². The molecule has 1 unspecified atom stereocenters. The Kier molecular flexibility index (Phi) is 2.47. The minimum absolute atomic E-state index is 0.566. The molecule has 0 aromatic heterocycles. The minimum Gasteiger partial charge on any atom is -0.394 e. The molecule has 0 aromatic carbocycles. The first-order valence-electron chi connectivity index (χ1n) is 4.25. The zero-order valence-corrected chi connectivity index (χ0v) is 6.79. The van der Waals surface area contributed by atoms with Crippen LogP contribution in [0, 0.1) is 0 Å². The molecule has 0 aromatic rings. The highest BCUT2D eigenvalue weighted by molar-refractivity contribution is 4.99. The van der Waals surface area contributed by atoms with Crippen LogP contribution in [0.15, 0.2) is 0 Å². The second-order valence-corrected chi connectivity index (χ2v) is 3.08. The van der Waals surface area contributed by atoms with E-state index in [0.717, 1.165) is 0 Å². The molecule has 8 N–H and O–H groups in total. The van der Waals surface area contributed by atoms with E-state index in [0.29, 0.717) is 0 Å². The van der Waals surface area contributed by atoms with Crippen LogP contribution in [0.2, 0.25) is 1.41 Å². The lowest BCUT2D eigenvalue weighted by molar-refractivity contribution is -0.276.